The minimum absolute atomic E-state index is 0.600. The number of rotatable bonds is 5. The molecule has 0 aliphatic rings. The van der Waals surface area contributed by atoms with Crippen LogP contribution in [0.5, 0.6) is 17.2 Å². The lowest BCUT2D eigenvalue weighted by Crippen LogP contribution is -1.98. The van der Waals surface area contributed by atoms with Gasteiger partial charge >= 0.3 is 0 Å². The summed E-state index contributed by atoms with van der Waals surface area (Å²) in [6, 6.07) is 3.84. The van der Waals surface area contributed by atoms with Gasteiger partial charge in [0.05, 0.1) is 21.3 Å². The number of hydrogen-bond acceptors (Lipinski definition) is 4. The lowest BCUT2D eigenvalue weighted by atomic mass is 10.1. The second-order valence-electron chi connectivity index (χ2n) is 3.75. The molecular formula is C13H16N2O3. The topological polar surface area (TPSA) is 56.4 Å². The maximum Gasteiger partial charge on any atom is 0.203 e. The molecule has 0 atom stereocenters. The number of ether oxygens (including phenoxy) is 3. The lowest BCUT2D eigenvalue weighted by molar-refractivity contribution is 0.324. The van der Waals surface area contributed by atoms with Crippen LogP contribution in [-0.2, 0) is 6.42 Å². The highest BCUT2D eigenvalue weighted by molar-refractivity contribution is 5.54. The number of aromatic nitrogens is 2. The number of benzene rings is 1. The molecule has 1 heterocycles. The van der Waals surface area contributed by atoms with Crippen molar-refractivity contribution in [1.29, 1.82) is 0 Å². The van der Waals surface area contributed by atoms with Gasteiger partial charge in [0, 0.05) is 18.8 Å². The summed E-state index contributed by atoms with van der Waals surface area (Å²) in [5.74, 6) is 2.80. The average molecular weight is 248 g/mol. The third-order valence-corrected chi connectivity index (χ3v) is 2.65. The van der Waals surface area contributed by atoms with Gasteiger partial charge in [-0.25, -0.2) is 4.98 Å². The second kappa shape index (κ2) is 5.44. The van der Waals surface area contributed by atoms with Crippen LogP contribution in [0.3, 0.4) is 0 Å². The molecule has 18 heavy (non-hydrogen) atoms. The first-order chi connectivity index (χ1) is 8.78. The molecule has 0 bridgehead atoms. The maximum atomic E-state index is 5.30. The van der Waals surface area contributed by atoms with Crippen molar-refractivity contribution in [2.24, 2.45) is 0 Å². The van der Waals surface area contributed by atoms with Crippen molar-refractivity contribution in [1.82, 2.24) is 9.97 Å². The van der Waals surface area contributed by atoms with E-state index < -0.39 is 0 Å². The van der Waals surface area contributed by atoms with Crippen molar-refractivity contribution < 1.29 is 14.2 Å². The van der Waals surface area contributed by atoms with E-state index in [-0.39, 0.29) is 0 Å². The zero-order chi connectivity index (χ0) is 13.0. The SMILES string of the molecule is COc1cc(Cc2ncc[nH]2)cc(OC)c1OC. The Morgan fingerprint density at radius 1 is 1.06 bits per heavy atom. The van der Waals surface area contributed by atoms with Crippen LogP contribution in [0.2, 0.25) is 0 Å². The average Bonchev–Trinajstić information content (AvgIpc) is 2.90. The van der Waals surface area contributed by atoms with Gasteiger partial charge in [-0.3, -0.25) is 0 Å². The molecule has 1 N–H and O–H groups in total. The van der Waals surface area contributed by atoms with Gasteiger partial charge in [-0.15, -0.1) is 0 Å². The van der Waals surface area contributed by atoms with Gasteiger partial charge in [0.1, 0.15) is 5.82 Å². The highest BCUT2D eigenvalue weighted by atomic mass is 16.5. The molecule has 0 saturated carbocycles. The Bertz CT molecular complexity index is 484. The number of methoxy groups -OCH3 is 3. The predicted molar refractivity (Wildman–Crippen MR) is 67.5 cm³/mol. The molecule has 0 saturated heterocycles. The van der Waals surface area contributed by atoms with Crippen molar-refractivity contribution >= 4 is 0 Å². The summed E-state index contributed by atoms with van der Waals surface area (Å²) in [6.07, 6.45) is 4.21. The number of hydrogen-bond donors (Lipinski definition) is 1. The molecule has 1 aromatic heterocycles. The fourth-order valence-electron chi connectivity index (χ4n) is 1.83. The first-order valence-electron chi connectivity index (χ1n) is 5.55. The zero-order valence-electron chi connectivity index (χ0n) is 10.7. The van der Waals surface area contributed by atoms with Crippen molar-refractivity contribution in [2.75, 3.05) is 21.3 Å². The van der Waals surface area contributed by atoms with Crippen molar-refractivity contribution in [3.63, 3.8) is 0 Å². The van der Waals surface area contributed by atoms with E-state index in [9.17, 15) is 0 Å². The van der Waals surface area contributed by atoms with E-state index in [1.807, 2.05) is 12.1 Å². The summed E-state index contributed by atoms with van der Waals surface area (Å²) in [5.41, 5.74) is 1.04. The summed E-state index contributed by atoms with van der Waals surface area (Å²) >= 11 is 0. The Morgan fingerprint density at radius 2 is 1.72 bits per heavy atom. The number of nitrogens with zero attached hydrogens (tertiary/aromatic N) is 1. The fraction of sp³-hybridized carbons (Fsp3) is 0.308. The summed E-state index contributed by atoms with van der Waals surface area (Å²) in [6.45, 7) is 0. The van der Waals surface area contributed by atoms with Gasteiger partial charge in [0.15, 0.2) is 11.5 Å². The van der Waals surface area contributed by atoms with Gasteiger partial charge < -0.3 is 19.2 Å². The molecule has 0 spiro atoms. The highest BCUT2D eigenvalue weighted by Gasteiger charge is 2.13. The maximum absolute atomic E-state index is 5.30. The van der Waals surface area contributed by atoms with Gasteiger partial charge in [-0.1, -0.05) is 0 Å². The number of aromatic amines is 1. The molecule has 2 aromatic rings. The van der Waals surface area contributed by atoms with Crippen molar-refractivity contribution in [2.45, 2.75) is 6.42 Å². The van der Waals surface area contributed by atoms with Crippen LogP contribution in [0.15, 0.2) is 24.5 Å². The Balaban J connectivity index is 2.37. The molecule has 96 valence electrons. The zero-order valence-corrected chi connectivity index (χ0v) is 10.7. The second-order valence-corrected chi connectivity index (χ2v) is 3.75. The van der Waals surface area contributed by atoms with E-state index >= 15 is 0 Å². The third-order valence-electron chi connectivity index (χ3n) is 2.65. The van der Waals surface area contributed by atoms with Crippen LogP contribution < -0.4 is 14.2 Å². The van der Waals surface area contributed by atoms with E-state index in [2.05, 4.69) is 9.97 Å². The standard InChI is InChI=1S/C13H16N2O3/c1-16-10-6-9(8-12-14-4-5-15-12)7-11(17-2)13(10)18-3/h4-7H,8H2,1-3H3,(H,14,15). The number of imidazole rings is 1. The lowest BCUT2D eigenvalue weighted by Gasteiger charge is -2.13. The largest absolute Gasteiger partial charge is 0.493 e. The van der Waals surface area contributed by atoms with E-state index in [0.29, 0.717) is 23.7 Å². The molecule has 0 aliphatic heterocycles. The predicted octanol–water partition coefficient (Wildman–Crippen LogP) is 2.03. The number of H-pyrrole nitrogens is 1. The van der Waals surface area contributed by atoms with E-state index in [1.54, 1.807) is 33.7 Å². The van der Waals surface area contributed by atoms with E-state index in [0.717, 1.165) is 11.4 Å². The molecule has 0 amide bonds. The molecular weight excluding hydrogens is 232 g/mol. The fourth-order valence-corrected chi connectivity index (χ4v) is 1.83. The first kappa shape index (κ1) is 12.3. The molecule has 5 nitrogen and oxygen atoms in total. The van der Waals surface area contributed by atoms with Crippen molar-refractivity contribution in [3.05, 3.63) is 35.9 Å². The van der Waals surface area contributed by atoms with E-state index in [4.69, 9.17) is 14.2 Å². The van der Waals surface area contributed by atoms with Crippen LogP contribution in [-0.4, -0.2) is 31.3 Å². The Hall–Kier alpha value is -2.17. The van der Waals surface area contributed by atoms with Crippen LogP contribution in [0, 0.1) is 0 Å². The van der Waals surface area contributed by atoms with Crippen molar-refractivity contribution in [3.8, 4) is 17.2 Å². The quantitative estimate of drug-likeness (QED) is 0.879. The van der Waals surface area contributed by atoms with Gasteiger partial charge in [-0.2, -0.15) is 0 Å². The monoisotopic (exact) mass is 248 g/mol. The molecule has 0 radical (unpaired) electrons. The normalized spacial score (nSPS) is 10.2. The minimum atomic E-state index is 0.600. The number of nitrogens with one attached hydrogen (secondary N) is 1. The van der Waals surface area contributed by atoms with Crippen LogP contribution >= 0.6 is 0 Å². The molecule has 2 rings (SSSR count). The highest BCUT2D eigenvalue weighted by Crippen LogP contribution is 2.38. The first-order valence-corrected chi connectivity index (χ1v) is 5.55. The molecule has 5 heteroatoms. The molecule has 0 unspecified atom stereocenters. The summed E-state index contributed by atoms with van der Waals surface area (Å²) in [5, 5.41) is 0. The Morgan fingerprint density at radius 3 is 2.17 bits per heavy atom. The minimum Gasteiger partial charge on any atom is -0.493 e. The van der Waals surface area contributed by atoms with Gasteiger partial charge in [-0.05, 0) is 17.7 Å². The summed E-state index contributed by atoms with van der Waals surface area (Å²) in [7, 11) is 4.80. The molecule has 0 aliphatic carbocycles. The van der Waals surface area contributed by atoms with E-state index in [1.165, 1.54) is 0 Å². The third kappa shape index (κ3) is 2.40. The van der Waals surface area contributed by atoms with Gasteiger partial charge in [0.2, 0.25) is 5.75 Å². The Kier molecular flexibility index (Phi) is 3.72. The van der Waals surface area contributed by atoms with Crippen LogP contribution in [0.4, 0.5) is 0 Å². The molecule has 1 aromatic carbocycles. The van der Waals surface area contributed by atoms with Crippen LogP contribution in [0.25, 0.3) is 0 Å². The Labute approximate surface area is 106 Å². The van der Waals surface area contributed by atoms with Gasteiger partial charge in [0.25, 0.3) is 0 Å². The smallest absolute Gasteiger partial charge is 0.203 e. The van der Waals surface area contributed by atoms with Crippen LogP contribution in [0.1, 0.15) is 11.4 Å². The summed E-state index contributed by atoms with van der Waals surface area (Å²) in [4.78, 5) is 7.26. The summed E-state index contributed by atoms with van der Waals surface area (Å²) < 4.78 is 15.9. The molecule has 0 fully saturated rings.